The van der Waals surface area contributed by atoms with E-state index in [0.717, 1.165) is 19.5 Å². The van der Waals surface area contributed by atoms with E-state index in [2.05, 4.69) is 37.4 Å². The maximum atomic E-state index is 11.7. The Morgan fingerprint density at radius 2 is 1.94 bits per heavy atom. The summed E-state index contributed by atoms with van der Waals surface area (Å²) in [6.07, 6.45) is 1.71. The largest absolute Gasteiger partial charge is 0.341 e. The Bertz CT molecular complexity index is 422. The zero-order valence-corrected chi connectivity index (χ0v) is 11.5. The number of rotatable bonds is 4. The van der Waals surface area contributed by atoms with Crippen LogP contribution in [0.2, 0.25) is 0 Å². The molecule has 0 aromatic heterocycles. The van der Waals surface area contributed by atoms with E-state index in [0.29, 0.717) is 12.3 Å². The second-order valence-electron chi connectivity index (χ2n) is 5.21. The third kappa shape index (κ3) is 2.91. The molecule has 0 spiro atoms. The summed E-state index contributed by atoms with van der Waals surface area (Å²) >= 11 is 0. The van der Waals surface area contributed by atoms with Gasteiger partial charge in [-0.05, 0) is 32.9 Å². The van der Waals surface area contributed by atoms with Gasteiger partial charge in [0, 0.05) is 25.6 Å². The average molecular weight is 246 g/mol. The fourth-order valence-electron chi connectivity index (χ4n) is 2.69. The molecule has 0 aliphatic carbocycles. The highest BCUT2D eigenvalue weighted by Crippen LogP contribution is 2.20. The summed E-state index contributed by atoms with van der Waals surface area (Å²) < 4.78 is 0. The monoisotopic (exact) mass is 246 g/mol. The van der Waals surface area contributed by atoms with Crippen LogP contribution in [0.25, 0.3) is 0 Å². The highest BCUT2D eigenvalue weighted by Gasteiger charge is 2.23. The van der Waals surface area contributed by atoms with Crippen molar-refractivity contribution in [3.05, 3.63) is 34.9 Å². The van der Waals surface area contributed by atoms with Gasteiger partial charge in [-0.15, -0.1) is 0 Å². The second-order valence-corrected chi connectivity index (χ2v) is 5.21. The predicted octanol–water partition coefficient (Wildman–Crippen LogP) is 2.19. The zero-order valence-electron chi connectivity index (χ0n) is 11.5. The number of nitrogens with zero attached hydrogens (tertiary/aromatic N) is 1. The van der Waals surface area contributed by atoms with Crippen LogP contribution in [-0.4, -0.2) is 30.9 Å². The second kappa shape index (κ2) is 5.53. The Morgan fingerprint density at radius 3 is 2.44 bits per heavy atom. The number of amides is 1. The van der Waals surface area contributed by atoms with Crippen molar-refractivity contribution in [2.75, 3.05) is 20.1 Å². The molecular formula is C15H22N2O. The Labute approximate surface area is 109 Å². The standard InChI is InChI=1S/C15H22N2O/c1-11-7-12(2)9-13(8-11)14(16-3)10-17-6-4-5-15(17)18/h7-9,14,16H,4-6,10H2,1-3H3. The Kier molecular flexibility index (Phi) is 4.02. The molecule has 1 aliphatic rings. The van der Waals surface area contributed by atoms with Crippen LogP contribution < -0.4 is 5.32 Å². The zero-order chi connectivity index (χ0) is 13.1. The fraction of sp³-hybridized carbons (Fsp3) is 0.533. The first-order chi connectivity index (χ1) is 8.60. The lowest BCUT2D eigenvalue weighted by atomic mass is 10.0. The first-order valence-electron chi connectivity index (χ1n) is 6.63. The van der Waals surface area contributed by atoms with Gasteiger partial charge in [0.05, 0.1) is 0 Å². The van der Waals surface area contributed by atoms with Gasteiger partial charge in [-0.3, -0.25) is 4.79 Å². The molecule has 1 aromatic carbocycles. The number of aryl methyl sites for hydroxylation is 2. The van der Waals surface area contributed by atoms with E-state index in [9.17, 15) is 4.79 Å². The highest BCUT2D eigenvalue weighted by molar-refractivity contribution is 5.78. The van der Waals surface area contributed by atoms with Crippen molar-refractivity contribution in [3.8, 4) is 0 Å². The van der Waals surface area contributed by atoms with E-state index in [-0.39, 0.29) is 6.04 Å². The van der Waals surface area contributed by atoms with Gasteiger partial charge >= 0.3 is 0 Å². The van der Waals surface area contributed by atoms with Crippen LogP contribution in [0, 0.1) is 13.8 Å². The summed E-state index contributed by atoms with van der Waals surface area (Å²) in [5, 5.41) is 3.33. The van der Waals surface area contributed by atoms with E-state index in [1.807, 2.05) is 11.9 Å². The fourth-order valence-corrected chi connectivity index (χ4v) is 2.69. The predicted molar refractivity (Wildman–Crippen MR) is 73.5 cm³/mol. The van der Waals surface area contributed by atoms with Gasteiger partial charge in [0.1, 0.15) is 0 Å². The van der Waals surface area contributed by atoms with Crippen LogP contribution in [0.5, 0.6) is 0 Å². The third-order valence-corrected chi connectivity index (χ3v) is 3.57. The van der Waals surface area contributed by atoms with Crippen molar-refractivity contribution in [2.45, 2.75) is 32.7 Å². The molecule has 1 atom stereocenters. The van der Waals surface area contributed by atoms with Crippen LogP contribution in [-0.2, 0) is 4.79 Å². The molecule has 1 aliphatic heterocycles. The normalized spacial score (nSPS) is 17.3. The molecule has 2 rings (SSSR count). The van der Waals surface area contributed by atoms with Crippen molar-refractivity contribution in [1.29, 1.82) is 0 Å². The number of nitrogens with one attached hydrogen (secondary N) is 1. The lowest BCUT2D eigenvalue weighted by Crippen LogP contribution is -2.34. The summed E-state index contributed by atoms with van der Waals surface area (Å²) in [4.78, 5) is 13.7. The molecule has 1 amide bonds. The van der Waals surface area contributed by atoms with Crippen LogP contribution in [0.4, 0.5) is 0 Å². The SMILES string of the molecule is CNC(CN1CCCC1=O)c1cc(C)cc(C)c1. The summed E-state index contributed by atoms with van der Waals surface area (Å²) in [6, 6.07) is 6.81. The lowest BCUT2D eigenvalue weighted by molar-refractivity contribution is -0.128. The van der Waals surface area contributed by atoms with E-state index >= 15 is 0 Å². The number of carbonyl (C=O) groups is 1. The summed E-state index contributed by atoms with van der Waals surface area (Å²) in [6.45, 7) is 5.91. The lowest BCUT2D eigenvalue weighted by Gasteiger charge is -2.24. The smallest absolute Gasteiger partial charge is 0.222 e. The first-order valence-corrected chi connectivity index (χ1v) is 6.63. The minimum atomic E-state index is 0.227. The van der Waals surface area contributed by atoms with Crippen molar-refractivity contribution in [1.82, 2.24) is 10.2 Å². The van der Waals surface area contributed by atoms with Crippen LogP contribution in [0.1, 0.15) is 35.6 Å². The highest BCUT2D eigenvalue weighted by atomic mass is 16.2. The van der Waals surface area contributed by atoms with Gasteiger partial charge < -0.3 is 10.2 Å². The van der Waals surface area contributed by atoms with Gasteiger partial charge in [-0.25, -0.2) is 0 Å². The molecule has 0 saturated carbocycles. The number of benzene rings is 1. The Balaban J connectivity index is 2.14. The minimum Gasteiger partial charge on any atom is -0.341 e. The van der Waals surface area contributed by atoms with Gasteiger partial charge in [-0.2, -0.15) is 0 Å². The minimum absolute atomic E-state index is 0.227. The van der Waals surface area contributed by atoms with Crippen LogP contribution in [0.15, 0.2) is 18.2 Å². The number of likely N-dealkylation sites (N-methyl/N-ethyl adjacent to an activating group) is 1. The summed E-state index contributed by atoms with van der Waals surface area (Å²) in [5.41, 5.74) is 3.82. The molecule has 3 nitrogen and oxygen atoms in total. The van der Waals surface area contributed by atoms with Gasteiger partial charge in [0.25, 0.3) is 0 Å². The van der Waals surface area contributed by atoms with Crippen LogP contribution in [0.3, 0.4) is 0 Å². The molecule has 18 heavy (non-hydrogen) atoms. The molecular weight excluding hydrogens is 224 g/mol. The van der Waals surface area contributed by atoms with E-state index in [1.165, 1.54) is 16.7 Å². The van der Waals surface area contributed by atoms with E-state index < -0.39 is 0 Å². The van der Waals surface area contributed by atoms with Crippen molar-refractivity contribution < 1.29 is 4.79 Å². The number of likely N-dealkylation sites (tertiary alicyclic amines) is 1. The quantitative estimate of drug-likeness (QED) is 0.883. The molecule has 1 fully saturated rings. The maximum Gasteiger partial charge on any atom is 0.222 e. The van der Waals surface area contributed by atoms with E-state index in [1.54, 1.807) is 0 Å². The molecule has 98 valence electrons. The van der Waals surface area contributed by atoms with Crippen molar-refractivity contribution in [3.63, 3.8) is 0 Å². The molecule has 1 saturated heterocycles. The van der Waals surface area contributed by atoms with E-state index in [4.69, 9.17) is 0 Å². The van der Waals surface area contributed by atoms with Crippen molar-refractivity contribution >= 4 is 5.91 Å². The van der Waals surface area contributed by atoms with Gasteiger partial charge in [0.2, 0.25) is 5.91 Å². The Hall–Kier alpha value is -1.35. The Morgan fingerprint density at radius 1 is 1.28 bits per heavy atom. The average Bonchev–Trinajstić information content (AvgIpc) is 2.70. The summed E-state index contributed by atoms with van der Waals surface area (Å²) in [5.74, 6) is 0.291. The number of hydrogen-bond donors (Lipinski definition) is 1. The maximum absolute atomic E-state index is 11.7. The summed E-state index contributed by atoms with van der Waals surface area (Å²) in [7, 11) is 1.96. The van der Waals surface area contributed by atoms with Gasteiger partial charge in [-0.1, -0.05) is 29.3 Å². The molecule has 1 N–H and O–H groups in total. The number of carbonyl (C=O) groups excluding carboxylic acids is 1. The molecule has 1 heterocycles. The first kappa shape index (κ1) is 13.1. The molecule has 0 radical (unpaired) electrons. The third-order valence-electron chi connectivity index (χ3n) is 3.57. The van der Waals surface area contributed by atoms with Gasteiger partial charge in [0.15, 0.2) is 0 Å². The molecule has 1 aromatic rings. The number of hydrogen-bond acceptors (Lipinski definition) is 2. The molecule has 1 unspecified atom stereocenters. The topological polar surface area (TPSA) is 32.3 Å². The molecule has 0 bridgehead atoms. The van der Waals surface area contributed by atoms with Crippen LogP contribution >= 0.6 is 0 Å². The van der Waals surface area contributed by atoms with Crippen molar-refractivity contribution in [2.24, 2.45) is 0 Å². The molecule has 3 heteroatoms.